The highest BCUT2D eigenvalue weighted by Gasteiger charge is 2.29. The average molecular weight is 351 g/mol. The van der Waals surface area contributed by atoms with E-state index in [-0.39, 0.29) is 29.4 Å². The quantitative estimate of drug-likeness (QED) is 0.857. The summed E-state index contributed by atoms with van der Waals surface area (Å²) in [7, 11) is 0. The Kier molecular flexibility index (Phi) is 7.39. The Labute approximate surface area is 140 Å². The van der Waals surface area contributed by atoms with Crippen LogP contribution in [0.4, 0.5) is 4.39 Å². The third-order valence-electron chi connectivity index (χ3n) is 3.86. The van der Waals surface area contributed by atoms with E-state index in [1.165, 1.54) is 12.1 Å². The van der Waals surface area contributed by atoms with Crippen LogP contribution in [0.3, 0.4) is 0 Å². The molecule has 2 rings (SSSR count). The van der Waals surface area contributed by atoms with Crippen LogP contribution in [-0.4, -0.2) is 24.6 Å². The summed E-state index contributed by atoms with van der Waals surface area (Å²) in [4.78, 5) is 12.1. The molecule has 1 amide bonds. The van der Waals surface area contributed by atoms with Crippen LogP contribution >= 0.6 is 24.0 Å². The van der Waals surface area contributed by atoms with Gasteiger partial charge in [-0.3, -0.25) is 4.79 Å². The Morgan fingerprint density at radius 1 is 1.55 bits per heavy atom. The maximum atomic E-state index is 13.0. The molecule has 0 saturated heterocycles. The Morgan fingerprint density at radius 3 is 2.91 bits per heavy atom. The molecule has 0 aromatic heterocycles. The lowest BCUT2D eigenvalue weighted by Gasteiger charge is -2.22. The van der Waals surface area contributed by atoms with Crippen LogP contribution in [0.5, 0.6) is 5.75 Å². The van der Waals surface area contributed by atoms with Crippen molar-refractivity contribution in [3.63, 3.8) is 0 Å². The van der Waals surface area contributed by atoms with Gasteiger partial charge in [-0.2, -0.15) is 0 Å². The molecular weight excluding hydrogens is 330 g/mol. The van der Waals surface area contributed by atoms with Crippen molar-refractivity contribution in [1.82, 2.24) is 5.32 Å². The molecule has 1 aromatic carbocycles. The van der Waals surface area contributed by atoms with Crippen molar-refractivity contribution >= 4 is 29.9 Å². The van der Waals surface area contributed by atoms with Gasteiger partial charge in [0.25, 0.3) is 5.91 Å². The van der Waals surface area contributed by atoms with Crippen molar-refractivity contribution in [3.8, 4) is 5.75 Å². The van der Waals surface area contributed by atoms with E-state index >= 15 is 0 Å². The first-order chi connectivity index (χ1) is 10.0. The van der Waals surface area contributed by atoms with E-state index in [4.69, 9.17) is 22.1 Å². The van der Waals surface area contributed by atoms with Crippen molar-refractivity contribution in [2.75, 3.05) is 6.54 Å². The second-order valence-corrected chi connectivity index (χ2v) is 5.78. The predicted molar refractivity (Wildman–Crippen MR) is 87.1 cm³/mol. The largest absolute Gasteiger partial charge is 0.479 e. The first-order valence-electron chi connectivity index (χ1n) is 7.13. The zero-order chi connectivity index (χ0) is 15.4. The number of carbonyl (C=O) groups excluding carboxylic acids is 1. The van der Waals surface area contributed by atoms with Gasteiger partial charge in [-0.1, -0.05) is 18.0 Å². The number of rotatable bonds is 5. The van der Waals surface area contributed by atoms with Gasteiger partial charge in [-0.25, -0.2) is 4.39 Å². The van der Waals surface area contributed by atoms with Crippen LogP contribution in [0.25, 0.3) is 0 Å². The van der Waals surface area contributed by atoms with Crippen LogP contribution in [0.1, 0.15) is 26.2 Å². The lowest BCUT2D eigenvalue weighted by molar-refractivity contribution is -0.128. The van der Waals surface area contributed by atoms with Crippen molar-refractivity contribution < 1.29 is 13.9 Å². The number of amides is 1. The van der Waals surface area contributed by atoms with Crippen LogP contribution < -0.4 is 15.8 Å². The standard InChI is InChI=1S/C15H20ClFN2O2.ClH/c1-9(21-14-6-5-11(17)7-12(14)16)15(20)19-13-4-2-3-10(13)8-18;/h5-7,9-10,13H,2-4,8,18H2,1H3,(H,19,20);1H. The molecule has 3 N–H and O–H groups in total. The van der Waals surface area contributed by atoms with Gasteiger partial charge in [0.2, 0.25) is 0 Å². The van der Waals surface area contributed by atoms with Gasteiger partial charge in [-0.15, -0.1) is 12.4 Å². The number of hydrogen-bond acceptors (Lipinski definition) is 3. The molecule has 0 heterocycles. The summed E-state index contributed by atoms with van der Waals surface area (Å²) in [5, 5.41) is 3.12. The van der Waals surface area contributed by atoms with Gasteiger partial charge < -0.3 is 15.8 Å². The smallest absolute Gasteiger partial charge is 0.261 e. The highest BCUT2D eigenvalue weighted by atomic mass is 35.5. The summed E-state index contributed by atoms with van der Waals surface area (Å²) >= 11 is 5.88. The van der Waals surface area contributed by atoms with E-state index in [2.05, 4.69) is 5.32 Å². The molecule has 1 fully saturated rings. The van der Waals surface area contributed by atoms with Gasteiger partial charge >= 0.3 is 0 Å². The maximum Gasteiger partial charge on any atom is 0.261 e. The third kappa shape index (κ3) is 4.73. The summed E-state index contributed by atoms with van der Waals surface area (Å²) < 4.78 is 18.5. The molecule has 0 bridgehead atoms. The molecule has 22 heavy (non-hydrogen) atoms. The van der Waals surface area contributed by atoms with Crippen LogP contribution in [-0.2, 0) is 4.79 Å². The zero-order valence-corrected chi connectivity index (χ0v) is 13.9. The summed E-state index contributed by atoms with van der Waals surface area (Å²) in [5.41, 5.74) is 5.70. The maximum absolute atomic E-state index is 13.0. The van der Waals surface area contributed by atoms with E-state index in [1.54, 1.807) is 6.92 Å². The highest BCUT2D eigenvalue weighted by molar-refractivity contribution is 6.32. The molecule has 1 aliphatic rings. The number of benzene rings is 1. The summed E-state index contributed by atoms with van der Waals surface area (Å²) in [6.07, 6.45) is 2.36. The number of ether oxygens (including phenoxy) is 1. The predicted octanol–water partition coefficient (Wildman–Crippen LogP) is 2.91. The lowest BCUT2D eigenvalue weighted by Crippen LogP contribution is -2.45. The molecule has 1 saturated carbocycles. The molecule has 7 heteroatoms. The number of hydrogen-bond donors (Lipinski definition) is 2. The number of halogens is 3. The highest BCUT2D eigenvalue weighted by Crippen LogP contribution is 2.27. The summed E-state index contributed by atoms with van der Waals surface area (Å²) in [5.74, 6) is -0.0278. The van der Waals surface area contributed by atoms with Gasteiger partial charge in [0.1, 0.15) is 11.6 Å². The van der Waals surface area contributed by atoms with E-state index in [9.17, 15) is 9.18 Å². The first-order valence-corrected chi connectivity index (χ1v) is 7.51. The monoisotopic (exact) mass is 350 g/mol. The number of nitrogens with one attached hydrogen (secondary N) is 1. The van der Waals surface area contributed by atoms with Crippen LogP contribution in [0.2, 0.25) is 5.02 Å². The second kappa shape index (κ2) is 8.56. The van der Waals surface area contributed by atoms with Crippen molar-refractivity contribution in [3.05, 3.63) is 29.0 Å². The Bertz CT molecular complexity index is 516. The van der Waals surface area contributed by atoms with Gasteiger partial charge in [-0.05, 0) is 50.4 Å². The molecule has 0 radical (unpaired) electrons. The zero-order valence-electron chi connectivity index (χ0n) is 12.4. The van der Waals surface area contributed by atoms with Crippen molar-refractivity contribution in [1.29, 1.82) is 0 Å². The van der Waals surface area contributed by atoms with Gasteiger partial charge in [0.15, 0.2) is 6.10 Å². The molecule has 3 unspecified atom stereocenters. The second-order valence-electron chi connectivity index (χ2n) is 5.38. The Hall–Kier alpha value is -1.04. The molecule has 0 aliphatic heterocycles. The Balaban J connectivity index is 0.00000242. The molecule has 3 atom stereocenters. The SMILES string of the molecule is CC(Oc1ccc(F)cc1Cl)C(=O)NC1CCCC1CN.Cl. The van der Waals surface area contributed by atoms with Crippen molar-refractivity contribution in [2.24, 2.45) is 11.7 Å². The normalized spacial score (nSPS) is 21.8. The molecule has 0 spiro atoms. The lowest BCUT2D eigenvalue weighted by atomic mass is 10.0. The van der Waals surface area contributed by atoms with E-state index < -0.39 is 11.9 Å². The molecule has 1 aromatic rings. The number of carbonyl (C=O) groups is 1. The fourth-order valence-corrected chi connectivity index (χ4v) is 2.84. The fraction of sp³-hybridized carbons (Fsp3) is 0.533. The minimum atomic E-state index is -0.702. The van der Waals surface area contributed by atoms with E-state index in [1.807, 2.05) is 0 Å². The minimum Gasteiger partial charge on any atom is -0.479 e. The van der Waals surface area contributed by atoms with Crippen molar-refractivity contribution in [2.45, 2.75) is 38.3 Å². The first kappa shape index (κ1) is 19.0. The van der Waals surface area contributed by atoms with Crippen LogP contribution in [0.15, 0.2) is 18.2 Å². The Morgan fingerprint density at radius 2 is 2.27 bits per heavy atom. The third-order valence-corrected chi connectivity index (χ3v) is 4.15. The van der Waals surface area contributed by atoms with Gasteiger partial charge in [0, 0.05) is 6.04 Å². The molecule has 124 valence electrons. The van der Waals surface area contributed by atoms with Gasteiger partial charge in [0.05, 0.1) is 5.02 Å². The summed E-state index contributed by atoms with van der Waals surface area (Å²) in [6, 6.07) is 3.92. The number of nitrogens with two attached hydrogens (primary N) is 1. The minimum absolute atomic E-state index is 0. The molecule has 4 nitrogen and oxygen atoms in total. The molecular formula is C15H21Cl2FN2O2. The summed E-state index contributed by atoms with van der Waals surface area (Å²) in [6.45, 7) is 2.21. The fourth-order valence-electron chi connectivity index (χ4n) is 2.62. The average Bonchev–Trinajstić information content (AvgIpc) is 2.89. The van der Waals surface area contributed by atoms with E-state index in [0.717, 1.165) is 25.3 Å². The van der Waals surface area contributed by atoms with Crippen LogP contribution in [0, 0.1) is 11.7 Å². The van der Waals surface area contributed by atoms with E-state index in [0.29, 0.717) is 18.2 Å². The topological polar surface area (TPSA) is 64.3 Å². The molecule has 1 aliphatic carbocycles.